The number of nitrogens with zero attached hydrogens (tertiary/aromatic N) is 9. The van der Waals surface area contributed by atoms with Gasteiger partial charge in [-0.15, -0.1) is 28.2 Å². The van der Waals surface area contributed by atoms with Crippen molar-refractivity contribution in [1.82, 2.24) is 45.0 Å². The Balaban J connectivity index is 1.31. The third-order valence-corrected chi connectivity index (χ3v) is 9.97. The Labute approximate surface area is 278 Å². The minimum atomic E-state index is -1.28. The van der Waals surface area contributed by atoms with Crippen LogP contribution in [0.2, 0.25) is 0 Å². The third kappa shape index (κ3) is 7.18. The number of pyridine rings is 1. The number of likely N-dealkylation sites (N-methyl/N-ethyl adjacent to an activating group) is 1. The summed E-state index contributed by atoms with van der Waals surface area (Å²) in [5.41, 5.74) is 4.91. The van der Waals surface area contributed by atoms with Gasteiger partial charge < -0.3 is 36.2 Å². The fraction of sp³-hybridized carbons (Fsp3) is 0.400. The number of aliphatic carboxylic acids is 1. The van der Waals surface area contributed by atoms with Gasteiger partial charge in [0, 0.05) is 29.5 Å². The van der Waals surface area contributed by atoms with E-state index in [2.05, 4.69) is 31.0 Å². The monoisotopic (exact) mass is 707 g/mol. The zero-order valence-electron chi connectivity index (χ0n) is 25.0. The number of hydrogen-bond donors (Lipinski definition) is 5. The van der Waals surface area contributed by atoms with E-state index in [-0.39, 0.29) is 39.4 Å². The van der Waals surface area contributed by atoms with Gasteiger partial charge in [0.2, 0.25) is 10.6 Å². The molecule has 19 nitrogen and oxygen atoms in total. The van der Waals surface area contributed by atoms with Gasteiger partial charge in [-0.25, -0.2) is 14.5 Å². The lowest BCUT2D eigenvalue weighted by Gasteiger charge is -2.49. The summed E-state index contributed by atoms with van der Waals surface area (Å²) in [4.78, 5) is 63.6. The van der Waals surface area contributed by atoms with Crippen molar-refractivity contribution in [3.8, 4) is 5.75 Å². The summed E-state index contributed by atoms with van der Waals surface area (Å²) in [6.45, 7) is 2.67. The number of nitrogen functional groups attached to an aromatic ring is 1. The van der Waals surface area contributed by atoms with E-state index in [1.54, 1.807) is 4.68 Å². The van der Waals surface area contributed by atoms with E-state index in [9.17, 15) is 34.6 Å². The third-order valence-electron chi connectivity index (χ3n) is 6.91. The second-order valence-electron chi connectivity index (χ2n) is 10.4. The molecule has 47 heavy (non-hydrogen) atoms. The molecule has 1 fully saturated rings. The number of oxime groups is 1. The maximum absolute atomic E-state index is 13.5. The fourth-order valence-electron chi connectivity index (χ4n) is 4.51. The Morgan fingerprint density at radius 1 is 1.34 bits per heavy atom. The summed E-state index contributed by atoms with van der Waals surface area (Å²) in [7, 11) is 3.84. The number of thioether (sulfide) groups is 2. The number of nitrogens with two attached hydrogens (primary N) is 1. The van der Waals surface area contributed by atoms with E-state index in [4.69, 9.17) is 10.6 Å². The summed E-state index contributed by atoms with van der Waals surface area (Å²) in [6, 6.07) is -0.154. The molecule has 1 saturated heterocycles. The predicted octanol–water partition coefficient (Wildman–Crippen LogP) is -0.609. The van der Waals surface area contributed by atoms with Gasteiger partial charge in [-0.05, 0) is 37.0 Å². The van der Waals surface area contributed by atoms with Crippen LogP contribution in [-0.2, 0) is 25.8 Å². The molecule has 0 aliphatic carbocycles. The van der Waals surface area contributed by atoms with Crippen molar-refractivity contribution in [3.63, 3.8) is 0 Å². The molecule has 0 saturated carbocycles. The van der Waals surface area contributed by atoms with Crippen LogP contribution >= 0.6 is 34.9 Å². The van der Waals surface area contributed by atoms with Gasteiger partial charge in [-0.1, -0.05) is 16.9 Å². The summed E-state index contributed by atoms with van der Waals surface area (Å²) in [5, 5.41) is 49.2. The van der Waals surface area contributed by atoms with Gasteiger partial charge in [0.05, 0.1) is 12.7 Å². The maximum Gasteiger partial charge on any atom is 0.352 e. The summed E-state index contributed by atoms with van der Waals surface area (Å²) in [5.74, 6) is -2.96. The molecular formula is C25H29N11O8S3. The number of carboxylic acids is 1. The molecule has 5 rings (SSSR count). The van der Waals surface area contributed by atoms with Crippen LogP contribution in [0.4, 0.5) is 5.13 Å². The van der Waals surface area contributed by atoms with Crippen molar-refractivity contribution >= 4 is 63.5 Å². The Hall–Kier alpha value is -4.67. The molecule has 2 amide bonds. The minimum absolute atomic E-state index is 0.0302. The van der Waals surface area contributed by atoms with Crippen LogP contribution < -0.4 is 16.5 Å². The van der Waals surface area contributed by atoms with Crippen molar-refractivity contribution in [2.75, 3.05) is 37.9 Å². The molecule has 2 aliphatic rings. The van der Waals surface area contributed by atoms with E-state index in [1.807, 2.05) is 19.0 Å². The predicted molar refractivity (Wildman–Crippen MR) is 169 cm³/mol. The highest BCUT2D eigenvalue weighted by molar-refractivity contribution is 8.01. The molecule has 3 aromatic rings. The Morgan fingerprint density at radius 3 is 2.79 bits per heavy atom. The lowest BCUT2D eigenvalue weighted by atomic mass is 10.0. The lowest BCUT2D eigenvalue weighted by molar-refractivity contribution is -0.150. The first-order valence-corrected chi connectivity index (χ1v) is 16.6. The van der Waals surface area contributed by atoms with Crippen molar-refractivity contribution in [3.05, 3.63) is 50.5 Å². The summed E-state index contributed by atoms with van der Waals surface area (Å²) in [6.07, 6.45) is -0.301. The largest absolute Gasteiger partial charge is 0.503 e. The van der Waals surface area contributed by atoms with Crippen LogP contribution in [0, 0.1) is 0 Å². The fourth-order valence-corrected chi connectivity index (χ4v) is 7.45. The topological polar surface area (TPSA) is 257 Å². The zero-order valence-corrected chi connectivity index (χ0v) is 27.5. The van der Waals surface area contributed by atoms with Crippen LogP contribution in [0.25, 0.3) is 0 Å². The number of β-lactam (4-membered cyclic amide) rings is 1. The second kappa shape index (κ2) is 14.0. The number of amides is 2. The van der Waals surface area contributed by atoms with Crippen LogP contribution in [-0.4, -0.2) is 122 Å². The molecule has 0 aromatic carbocycles. The van der Waals surface area contributed by atoms with Crippen molar-refractivity contribution in [1.29, 1.82) is 0 Å². The minimum Gasteiger partial charge on any atom is -0.503 e. The van der Waals surface area contributed by atoms with E-state index in [0.29, 0.717) is 28.5 Å². The number of carbonyl (C=O) groups excluding carboxylic acids is 2. The first-order chi connectivity index (χ1) is 22.3. The number of carboxylic acid groups (broad SMARTS) is 1. The quantitative estimate of drug-likeness (QED) is 0.0488. The van der Waals surface area contributed by atoms with Gasteiger partial charge in [0.25, 0.3) is 11.8 Å². The summed E-state index contributed by atoms with van der Waals surface area (Å²) >= 11 is 3.57. The highest BCUT2D eigenvalue weighted by Crippen LogP contribution is 2.41. The Morgan fingerprint density at radius 2 is 2.11 bits per heavy atom. The number of aromatic hydroxyl groups is 1. The molecule has 3 atom stereocenters. The van der Waals surface area contributed by atoms with Gasteiger partial charge in [0.1, 0.15) is 28.5 Å². The average Bonchev–Trinajstić information content (AvgIpc) is 3.67. The molecule has 22 heteroatoms. The standard InChI is InChI=1S/C25H29N11O8S3/c1-11(14-6-15(37)16(38)7-35(14)43)44-30-17(13-10-46-24(26)27-13)20(39)28-18-21(40)36-19(23(41)42)12(8-45-22(18)36)9-47-25-29-31-32-34(25)5-4-33(2)3/h6-7,10-11,18,22,38,43H,4-5,8-9H2,1-3H3,(H2,26,27)(H,28,39)(H,41,42)/b30-17+/t11?,18-,22-/m1/s1. The number of rotatable bonds is 13. The number of anilines is 1. The van der Waals surface area contributed by atoms with Crippen LogP contribution in [0.5, 0.6) is 5.75 Å². The van der Waals surface area contributed by atoms with Gasteiger partial charge in [-0.3, -0.25) is 19.3 Å². The first kappa shape index (κ1) is 33.7. The molecule has 0 bridgehead atoms. The van der Waals surface area contributed by atoms with E-state index < -0.39 is 46.5 Å². The molecule has 6 N–H and O–H groups in total. The van der Waals surface area contributed by atoms with Crippen molar-refractivity contribution in [2.24, 2.45) is 5.16 Å². The number of nitrogens with one attached hydrogen (secondary N) is 1. The molecule has 250 valence electrons. The van der Waals surface area contributed by atoms with Crippen LogP contribution in [0.15, 0.2) is 44.0 Å². The SMILES string of the molecule is CC(O/N=C(/C(=O)N[C@@H]1C(=O)N2C(C(=O)O)=C(CSc3nnnn3CCN(C)C)CS[C@H]12)c1csc(N)n1)c1cc(=O)c(O)cn1O. The Kier molecular flexibility index (Phi) is 10.0. The number of thiazole rings is 1. The summed E-state index contributed by atoms with van der Waals surface area (Å²) < 4.78 is 2.10. The smallest absolute Gasteiger partial charge is 0.352 e. The van der Waals surface area contributed by atoms with E-state index in [1.165, 1.54) is 35.8 Å². The lowest BCUT2D eigenvalue weighted by Crippen LogP contribution is -2.71. The number of tetrazole rings is 1. The highest BCUT2D eigenvalue weighted by Gasteiger charge is 2.54. The molecule has 5 heterocycles. The highest BCUT2D eigenvalue weighted by atomic mass is 32.2. The zero-order chi connectivity index (χ0) is 34.0. The van der Waals surface area contributed by atoms with Crippen molar-refractivity contribution < 1.29 is 34.6 Å². The second-order valence-corrected chi connectivity index (χ2v) is 13.4. The molecule has 3 aromatic heterocycles. The van der Waals surface area contributed by atoms with E-state index >= 15 is 0 Å². The Bertz CT molecular complexity index is 1820. The molecule has 0 radical (unpaired) electrons. The molecule has 1 unspecified atom stereocenters. The van der Waals surface area contributed by atoms with Crippen LogP contribution in [0.1, 0.15) is 24.4 Å². The first-order valence-electron chi connectivity index (χ1n) is 13.7. The van der Waals surface area contributed by atoms with E-state index in [0.717, 1.165) is 28.5 Å². The van der Waals surface area contributed by atoms with Crippen molar-refractivity contribution in [2.45, 2.75) is 36.1 Å². The van der Waals surface area contributed by atoms with Gasteiger partial charge >= 0.3 is 5.97 Å². The molecule has 0 spiro atoms. The number of fused-ring (bicyclic) bond motifs is 1. The number of carbonyl (C=O) groups is 3. The van der Waals surface area contributed by atoms with Gasteiger partial charge in [0.15, 0.2) is 22.7 Å². The van der Waals surface area contributed by atoms with Gasteiger partial charge in [-0.2, -0.15) is 4.73 Å². The molecule has 2 aliphatic heterocycles. The number of aromatic nitrogens is 6. The van der Waals surface area contributed by atoms with Crippen LogP contribution in [0.3, 0.4) is 0 Å². The normalized spacial score (nSPS) is 18.6. The average molecular weight is 708 g/mol. The maximum atomic E-state index is 13.5. The number of hydrogen-bond acceptors (Lipinski definition) is 17. The molecular weight excluding hydrogens is 679 g/mol.